The SMILES string of the molecule is COCCOc1ccc(NC(=O)/C=C/c2ccc(F)cc2)cc1. The number of hydrogen-bond donors (Lipinski definition) is 1. The molecular weight excluding hydrogens is 297 g/mol. The third-order valence-corrected chi connectivity index (χ3v) is 2.98. The Hall–Kier alpha value is -2.66. The van der Waals surface area contributed by atoms with Gasteiger partial charge in [-0.05, 0) is 48.0 Å². The molecule has 2 aromatic carbocycles. The number of anilines is 1. The van der Waals surface area contributed by atoms with E-state index in [9.17, 15) is 9.18 Å². The molecule has 2 aromatic rings. The highest BCUT2D eigenvalue weighted by atomic mass is 19.1. The summed E-state index contributed by atoms with van der Waals surface area (Å²) in [7, 11) is 1.61. The monoisotopic (exact) mass is 315 g/mol. The maximum atomic E-state index is 12.8. The number of methoxy groups -OCH3 is 1. The molecule has 0 radical (unpaired) electrons. The van der Waals surface area contributed by atoms with Crippen LogP contribution in [0.1, 0.15) is 5.56 Å². The predicted molar refractivity (Wildman–Crippen MR) is 87.9 cm³/mol. The van der Waals surface area contributed by atoms with E-state index in [1.54, 1.807) is 49.6 Å². The summed E-state index contributed by atoms with van der Waals surface area (Å²) in [4.78, 5) is 11.8. The molecule has 5 heteroatoms. The summed E-state index contributed by atoms with van der Waals surface area (Å²) >= 11 is 0. The van der Waals surface area contributed by atoms with Crippen molar-refractivity contribution in [2.45, 2.75) is 0 Å². The molecule has 120 valence electrons. The summed E-state index contributed by atoms with van der Waals surface area (Å²) in [5.74, 6) is 0.142. The van der Waals surface area contributed by atoms with E-state index in [0.29, 0.717) is 24.7 Å². The molecule has 0 aliphatic rings. The molecule has 0 aliphatic heterocycles. The molecule has 0 fully saturated rings. The average Bonchev–Trinajstić information content (AvgIpc) is 2.56. The fourth-order valence-corrected chi connectivity index (χ4v) is 1.81. The molecule has 0 aliphatic carbocycles. The lowest BCUT2D eigenvalue weighted by Crippen LogP contribution is -2.08. The Morgan fingerprint density at radius 1 is 1.09 bits per heavy atom. The lowest BCUT2D eigenvalue weighted by molar-refractivity contribution is -0.111. The highest BCUT2D eigenvalue weighted by Crippen LogP contribution is 2.15. The number of carbonyl (C=O) groups is 1. The average molecular weight is 315 g/mol. The van der Waals surface area contributed by atoms with Crippen LogP contribution in [0, 0.1) is 5.82 Å². The highest BCUT2D eigenvalue weighted by Gasteiger charge is 1.99. The second-order valence-electron chi connectivity index (χ2n) is 4.74. The number of benzene rings is 2. The first-order valence-electron chi connectivity index (χ1n) is 7.14. The Balaban J connectivity index is 1.86. The summed E-state index contributed by atoms with van der Waals surface area (Å²) in [5.41, 5.74) is 1.42. The number of rotatable bonds is 7. The van der Waals surface area contributed by atoms with Gasteiger partial charge in [0.1, 0.15) is 18.2 Å². The van der Waals surface area contributed by atoms with Crippen LogP contribution in [0.3, 0.4) is 0 Å². The van der Waals surface area contributed by atoms with Gasteiger partial charge in [-0.15, -0.1) is 0 Å². The molecule has 0 heterocycles. The maximum absolute atomic E-state index is 12.8. The fraction of sp³-hybridized carbons (Fsp3) is 0.167. The van der Waals surface area contributed by atoms with E-state index in [4.69, 9.17) is 9.47 Å². The Labute approximate surface area is 134 Å². The normalized spacial score (nSPS) is 10.7. The largest absolute Gasteiger partial charge is 0.491 e. The third kappa shape index (κ3) is 5.92. The molecule has 0 bridgehead atoms. The van der Waals surface area contributed by atoms with Crippen molar-refractivity contribution >= 4 is 17.7 Å². The summed E-state index contributed by atoms with van der Waals surface area (Å²) < 4.78 is 23.1. The van der Waals surface area contributed by atoms with Crippen LogP contribution in [-0.4, -0.2) is 26.2 Å². The number of nitrogens with one attached hydrogen (secondary N) is 1. The summed E-state index contributed by atoms with van der Waals surface area (Å²) in [6.45, 7) is 0.995. The van der Waals surface area contributed by atoms with Gasteiger partial charge in [0.05, 0.1) is 6.61 Å². The summed E-state index contributed by atoms with van der Waals surface area (Å²) in [6, 6.07) is 13.0. The fourth-order valence-electron chi connectivity index (χ4n) is 1.81. The number of carbonyl (C=O) groups excluding carboxylic acids is 1. The molecule has 0 saturated heterocycles. The quantitative estimate of drug-likeness (QED) is 0.628. The lowest BCUT2D eigenvalue weighted by atomic mass is 10.2. The van der Waals surface area contributed by atoms with Gasteiger partial charge in [-0.25, -0.2) is 4.39 Å². The van der Waals surface area contributed by atoms with Crippen LogP contribution in [0.2, 0.25) is 0 Å². The van der Waals surface area contributed by atoms with E-state index in [1.807, 2.05) is 0 Å². The van der Waals surface area contributed by atoms with Gasteiger partial charge in [-0.1, -0.05) is 12.1 Å². The molecule has 0 aromatic heterocycles. The molecule has 1 amide bonds. The van der Waals surface area contributed by atoms with Crippen molar-refractivity contribution < 1.29 is 18.7 Å². The predicted octanol–water partition coefficient (Wildman–Crippen LogP) is 3.50. The highest BCUT2D eigenvalue weighted by molar-refractivity contribution is 6.01. The van der Waals surface area contributed by atoms with Crippen LogP contribution < -0.4 is 10.1 Å². The number of amides is 1. The molecule has 0 atom stereocenters. The molecule has 23 heavy (non-hydrogen) atoms. The zero-order chi connectivity index (χ0) is 16.5. The standard InChI is InChI=1S/C18H18FNO3/c1-22-12-13-23-17-9-7-16(8-10-17)20-18(21)11-4-14-2-5-15(19)6-3-14/h2-11H,12-13H2,1H3,(H,20,21)/b11-4+. The van der Waals surface area contributed by atoms with Crippen molar-refractivity contribution in [2.24, 2.45) is 0 Å². The molecule has 0 unspecified atom stereocenters. The van der Waals surface area contributed by atoms with Crippen molar-refractivity contribution in [2.75, 3.05) is 25.6 Å². The van der Waals surface area contributed by atoms with Crippen molar-refractivity contribution in [3.63, 3.8) is 0 Å². The van der Waals surface area contributed by atoms with Gasteiger partial charge in [0.2, 0.25) is 5.91 Å². The number of halogens is 1. The van der Waals surface area contributed by atoms with Gasteiger partial charge >= 0.3 is 0 Å². The molecule has 4 nitrogen and oxygen atoms in total. The van der Waals surface area contributed by atoms with Crippen molar-refractivity contribution in [3.05, 3.63) is 66.0 Å². The molecule has 0 saturated carbocycles. The van der Waals surface area contributed by atoms with Crippen LogP contribution in [0.25, 0.3) is 6.08 Å². The first-order valence-corrected chi connectivity index (χ1v) is 7.14. The molecule has 0 spiro atoms. The van der Waals surface area contributed by atoms with Crippen molar-refractivity contribution in [1.82, 2.24) is 0 Å². The summed E-state index contributed by atoms with van der Waals surface area (Å²) in [6.07, 6.45) is 3.02. The van der Waals surface area contributed by atoms with Crippen LogP contribution in [-0.2, 0) is 9.53 Å². The van der Waals surface area contributed by atoms with Gasteiger partial charge < -0.3 is 14.8 Å². The Bertz CT molecular complexity index is 651. The van der Waals surface area contributed by atoms with Crippen molar-refractivity contribution in [1.29, 1.82) is 0 Å². The van der Waals surface area contributed by atoms with Crippen LogP contribution in [0.5, 0.6) is 5.75 Å². The van der Waals surface area contributed by atoms with E-state index >= 15 is 0 Å². The Morgan fingerprint density at radius 3 is 2.43 bits per heavy atom. The lowest BCUT2D eigenvalue weighted by Gasteiger charge is -2.07. The Morgan fingerprint density at radius 2 is 1.78 bits per heavy atom. The third-order valence-electron chi connectivity index (χ3n) is 2.98. The van der Waals surface area contributed by atoms with E-state index in [1.165, 1.54) is 18.2 Å². The zero-order valence-corrected chi connectivity index (χ0v) is 12.8. The van der Waals surface area contributed by atoms with E-state index in [2.05, 4.69) is 5.32 Å². The maximum Gasteiger partial charge on any atom is 0.248 e. The first kappa shape index (κ1) is 16.7. The number of ether oxygens (including phenoxy) is 2. The minimum Gasteiger partial charge on any atom is -0.491 e. The Kier molecular flexibility index (Phi) is 6.32. The van der Waals surface area contributed by atoms with Gasteiger partial charge in [-0.3, -0.25) is 4.79 Å². The minimum atomic E-state index is -0.306. The van der Waals surface area contributed by atoms with Crippen LogP contribution >= 0.6 is 0 Å². The molecule has 1 N–H and O–H groups in total. The van der Waals surface area contributed by atoms with E-state index < -0.39 is 0 Å². The van der Waals surface area contributed by atoms with E-state index in [0.717, 1.165) is 5.56 Å². The smallest absolute Gasteiger partial charge is 0.248 e. The molecule has 2 rings (SSSR count). The molecular formula is C18H18FNO3. The van der Waals surface area contributed by atoms with Gasteiger partial charge in [0.25, 0.3) is 0 Å². The van der Waals surface area contributed by atoms with Gasteiger partial charge in [0.15, 0.2) is 0 Å². The van der Waals surface area contributed by atoms with E-state index in [-0.39, 0.29) is 11.7 Å². The van der Waals surface area contributed by atoms with Crippen molar-refractivity contribution in [3.8, 4) is 5.75 Å². The second-order valence-corrected chi connectivity index (χ2v) is 4.74. The second kappa shape index (κ2) is 8.70. The van der Waals surface area contributed by atoms with Gasteiger partial charge in [-0.2, -0.15) is 0 Å². The first-order chi connectivity index (χ1) is 11.2. The van der Waals surface area contributed by atoms with Crippen LogP contribution in [0.15, 0.2) is 54.6 Å². The van der Waals surface area contributed by atoms with Crippen LogP contribution in [0.4, 0.5) is 10.1 Å². The van der Waals surface area contributed by atoms with Gasteiger partial charge in [0, 0.05) is 18.9 Å². The number of hydrogen-bond acceptors (Lipinski definition) is 3. The zero-order valence-electron chi connectivity index (χ0n) is 12.8. The minimum absolute atomic E-state index is 0.262. The summed E-state index contributed by atoms with van der Waals surface area (Å²) in [5, 5.41) is 2.74. The topological polar surface area (TPSA) is 47.6 Å².